The maximum absolute atomic E-state index is 13.6. The number of halogens is 3. The van der Waals surface area contributed by atoms with Crippen molar-refractivity contribution in [3.05, 3.63) is 47.8 Å². The van der Waals surface area contributed by atoms with Crippen LogP contribution in [0.1, 0.15) is 0 Å². The summed E-state index contributed by atoms with van der Waals surface area (Å²) in [6.07, 6.45) is 0. The number of benzene rings is 2. The molecule has 0 amide bonds. The molecule has 0 aliphatic heterocycles. The number of nitrogens with two attached hydrogens (primary N) is 2. The Labute approximate surface area is 95.7 Å². The second-order valence-electron chi connectivity index (χ2n) is 3.58. The van der Waals surface area contributed by atoms with Gasteiger partial charge in [0.1, 0.15) is 17.5 Å². The Morgan fingerprint density at radius 1 is 0.824 bits per heavy atom. The van der Waals surface area contributed by atoms with Crippen molar-refractivity contribution in [1.29, 1.82) is 0 Å². The molecule has 0 bridgehead atoms. The van der Waals surface area contributed by atoms with Gasteiger partial charge in [0.2, 0.25) is 0 Å². The Morgan fingerprint density at radius 2 is 1.41 bits per heavy atom. The second-order valence-corrected chi connectivity index (χ2v) is 3.58. The molecule has 0 spiro atoms. The zero-order valence-corrected chi connectivity index (χ0v) is 8.68. The van der Waals surface area contributed by atoms with Gasteiger partial charge >= 0.3 is 0 Å². The predicted molar refractivity (Wildman–Crippen MR) is 60.6 cm³/mol. The third kappa shape index (κ3) is 2.04. The average molecular weight is 238 g/mol. The minimum absolute atomic E-state index is 0.0183. The van der Waals surface area contributed by atoms with E-state index < -0.39 is 17.5 Å². The zero-order chi connectivity index (χ0) is 12.6. The number of rotatable bonds is 1. The highest BCUT2D eigenvalue weighted by molar-refractivity contribution is 5.84. The molecule has 0 saturated heterocycles. The second kappa shape index (κ2) is 4.01. The molecule has 4 N–H and O–H groups in total. The van der Waals surface area contributed by atoms with E-state index in [1.807, 2.05) is 0 Å². The lowest BCUT2D eigenvalue weighted by atomic mass is 10.0. The quantitative estimate of drug-likeness (QED) is 0.750. The Balaban J connectivity index is 2.72. The SMILES string of the molecule is Nc1ccc(F)c(-c2cc(F)cc(F)c2)c1N. The molecule has 0 fully saturated rings. The highest BCUT2D eigenvalue weighted by Gasteiger charge is 2.13. The molecule has 88 valence electrons. The van der Waals surface area contributed by atoms with Gasteiger partial charge in [-0.25, -0.2) is 13.2 Å². The molecular weight excluding hydrogens is 229 g/mol. The standard InChI is InChI=1S/C12H9F3N2/c13-7-3-6(4-8(14)5-7)11-9(15)1-2-10(16)12(11)17/h1-5H,16-17H2. The first-order valence-electron chi connectivity index (χ1n) is 4.79. The minimum atomic E-state index is -0.804. The maximum atomic E-state index is 13.6. The molecule has 2 rings (SSSR count). The van der Waals surface area contributed by atoms with Gasteiger partial charge in [-0.2, -0.15) is 0 Å². The van der Waals surface area contributed by atoms with Gasteiger partial charge in [-0.15, -0.1) is 0 Å². The summed E-state index contributed by atoms with van der Waals surface area (Å²) in [5.74, 6) is -2.29. The van der Waals surface area contributed by atoms with E-state index in [2.05, 4.69) is 0 Å². The molecule has 2 aromatic carbocycles. The average Bonchev–Trinajstić information content (AvgIpc) is 2.23. The number of hydrogen-bond acceptors (Lipinski definition) is 2. The summed E-state index contributed by atoms with van der Waals surface area (Å²) >= 11 is 0. The van der Waals surface area contributed by atoms with E-state index >= 15 is 0 Å². The first-order valence-corrected chi connectivity index (χ1v) is 4.79. The molecular formula is C12H9F3N2. The van der Waals surface area contributed by atoms with Crippen molar-refractivity contribution < 1.29 is 13.2 Å². The minimum Gasteiger partial charge on any atom is -0.397 e. The zero-order valence-electron chi connectivity index (χ0n) is 8.68. The van der Waals surface area contributed by atoms with Crippen LogP contribution in [0.25, 0.3) is 11.1 Å². The van der Waals surface area contributed by atoms with Gasteiger partial charge in [-0.05, 0) is 29.8 Å². The van der Waals surface area contributed by atoms with Crippen LogP contribution in [0.15, 0.2) is 30.3 Å². The van der Waals surface area contributed by atoms with Crippen LogP contribution in [-0.2, 0) is 0 Å². The molecule has 0 saturated carbocycles. The molecule has 0 radical (unpaired) electrons. The summed E-state index contributed by atoms with van der Waals surface area (Å²) in [7, 11) is 0. The fourth-order valence-electron chi connectivity index (χ4n) is 1.60. The maximum Gasteiger partial charge on any atom is 0.133 e. The molecule has 0 unspecified atom stereocenters. The van der Waals surface area contributed by atoms with Crippen molar-refractivity contribution in [3.8, 4) is 11.1 Å². The Morgan fingerprint density at radius 3 is 2.00 bits per heavy atom. The van der Waals surface area contributed by atoms with Gasteiger partial charge in [0, 0.05) is 11.6 Å². The monoisotopic (exact) mass is 238 g/mol. The predicted octanol–water partition coefficient (Wildman–Crippen LogP) is 2.94. The van der Waals surface area contributed by atoms with Crippen molar-refractivity contribution in [2.75, 3.05) is 11.5 Å². The van der Waals surface area contributed by atoms with Gasteiger partial charge in [0.05, 0.1) is 11.4 Å². The van der Waals surface area contributed by atoms with Crippen molar-refractivity contribution in [1.82, 2.24) is 0 Å². The molecule has 0 aliphatic rings. The third-order valence-electron chi connectivity index (χ3n) is 2.38. The van der Waals surface area contributed by atoms with Crippen LogP contribution in [-0.4, -0.2) is 0 Å². The van der Waals surface area contributed by atoms with E-state index in [1.165, 1.54) is 6.07 Å². The van der Waals surface area contributed by atoms with E-state index in [0.29, 0.717) is 6.07 Å². The van der Waals surface area contributed by atoms with Crippen molar-refractivity contribution in [3.63, 3.8) is 0 Å². The smallest absolute Gasteiger partial charge is 0.133 e. The largest absolute Gasteiger partial charge is 0.397 e. The van der Waals surface area contributed by atoms with Crippen LogP contribution in [0.4, 0.5) is 24.5 Å². The summed E-state index contributed by atoms with van der Waals surface area (Å²) < 4.78 is 39.7. The molecule has 2 nitrogen and oxygen atoms in total. The molecule has 2 aromatic rings. The lowest BCUT2D eigenvalue weighted by molar-refractivity contribution is 0.583. The Bertz CT molecular complexity index is 562. The number of nitrogen functional groups attached to an aromatic ring is 2. The molecule has 0 heterocycles. The number of anilines is 2. The van der Waals surface area contributed by atoms with E-state index in [0.717, 1.165) is 18.2 Å². The lowest BCUT2D eigenvalue weighted by Gasteiger charge is -2.10. The van der Waals surface area contributed by atoms with Crippen LogP contribution in [0.5, 0.6) is 0 Å². The van der Waals surface area contributed by atoms with E-state index in [9.17, 15) is 13.2 Å². The van der Waals surface area contributed by atoms with Gasteiger partial charge in [0.25, 0.3) is 0 Å². The van der Waals surface area contributed by atoms with E-state index in [1.54, 1.807) is 0 Å². The van der Waals surface area contributed by atoms with Gasteiger partial charge in [0.15, 0.2) is 0 Å². The molecule has 0 atom stereocenters. The van der Waals surface area contributed by atoms with Crippen LogP contribution >= 0.6 is 0 Å². The third-order valence-corrected chi connectivity index (χ3v) is 2.38. The topological polar surface area (TPSA) is 52.0 Å². The normalized spacial score (nSPS) is 10.5. The molecule has 0 aliphatic carbocycles. The van der Waals surface area contributed by atoms with E-state index in [-0.39, 0.29) is 22.5 Å². The van der Waals surface area contributed by atoms with Gasteiger partial charge in [-0.1, -0.05) is 0 Å². The van der Waals surface area contributed by atoms with Crippen molar-refractivity contribution >= 4 is 11.4 Å². The van der Waals surface area contributed by atoms with Gasteiger partial charge < -0.3 is 11.5 Å². The summed E-state index contributed by atoms with van der Waals surface area (Å²) in [4.78, 5) is 0. The fourth-order valence-corrected chi connectivity index (χ4v) is 1.60. The summed E-state index contributed by atoms with van der Waals surface area (Å²) in [6.45, 7) is 0. The highest BCUT2D eigenvalue weighted by Crippen LogP contribution is 2.33. The van der Waals surface area contributed by atoms with Crippen molar-refractivity contribution in [2.45, 2.75) is 0 Å². The van der Waals surface area contributed by atoms with Crippen LogP contribution < -0.4 is 11.5 Å². The summed E-state index contributed by atoms with van der Waals surface area (Å²) in [5.41, 5.74) is 11.2. The van der Waals surface area contributed by atoms with Crippen LogP contribution in [0, 0.1) is 17.5 Å². The Kier molecular flexibility index (Phi) is 2.67. The molecule has 17 heavy (non-hydrogen) atoms. The molecule has 5 heteroatoms. The number of hydrogen-bond donors (Lipinski definition) is 2. The van der Waals surface area contributed by atoms with Crippen LogP contribution in [0.3, 0.4) is 0 Å². The fraction of sp³-hybridized carbons (Fsp3) is 0. The first-order chi connectivity index (χ1) is 7.99. The van der Waals surface area contributed by atoms with E-state index in [4.69, 9.17) is 11.5 Å². The Hall–Kier alpha value is -2.17. The van der Waals surface area contributed by atoms with Crippen molar-refractivity contribution in [2.24, 2.45) is 0 Å². The highest BCUT2D eigenvalue weighted by atomic mass is 19.1. The van der Waals surface area contributed by atoms with Gasteiger partial charge in [-0.3, -0.25) is 0 Å². The lowest BCUT2D eigenvalue weighted by Crippen LogP contribution is -2.00. The van der Waals surface area contributed by atoms with Crippen LogP contribution in [0.2, 0.25) is 0 Å². The molecule has 0 aromatic heterocycles. The first kappa shape index (κ1) is 11.3. The summed E-state index contributed by atoms with van der Waals surface area (Å²) in [6, 6.07) is 5.09. The summed E-state index contributed by atoms with van der Waals surface area (Å²) in [5, 5.41) is 0.